The molecule has 0 spiro atoms. The Morgan fingerprint density at radius 1 is 1.33 bits per heavy atom. The number of anilines is 1. The Morgan fingerprint density at radius 2 is 2.00 bits per heavy atom. The van der Waals surface area contributed by atoms with Gasteiger partial charge in [0.2, 0.25) is 0 Å². The van der Waals surface area contributed by atoms with Gasteiger partial charge in [-0.05, 0) is 12.1 Å². The zero-order valence-corrected chi connectivity index (χ0v) is 11.7. The minimum atomic E-state index is -5.45. The Kier molecular flexibility index (Phi) is 4.18. The van der Waals surface area contributed by atoms with Crippen molar-refractivity contribution < 1.29 is 31.4 Å². The van der Waals surface area contributed by atoms with Crippen molar-refractivity contribution in [1.29, 1.82) is 0 Å². The van der Waals surface area contributed by atoms with Crippen LogP contribution < -0.4 is 5.32 Å². The normalized spacial score (nSPS) is 23.2. The molecule has 0 amide bonds. The highest BCUT2D eigenvalue weighted by Crippen LogP contribution is 2.34. The number of hydrogen-bond donors (Lipinski definition) is 2. The Morgan fingerprint density at radius 3 is 2.57 bits per heavy atom. The zero-order chi connectivity index (χ0) is 15.7. The fourth-order valence-corrected chi connectivity index (χ4v) is 2.90. The Hall–Kier alpha value is -1.32. The second kappa shape index (κ2) is 5.47. The maximum Gasteiger partial charge on any atom is 0.501 e. The van der Waals surface area contributed by atoms with Crippen LogP contribution in [0, 0.1) is 0 Å². The van der Waals surface area contributed by atoms with Gasteiger partial charge in [0.1, 0.15) is 5.60 Å². The second-order valence-corrected chi connectivity index (χ2v) is 6.74. The average molecular weight is 325 g/mol. The monoisotopic (exact) mass is 325 g/mol. The molecular weight excluding hydrogens is 311 g/mol. The Labute approximate surface area is 119 Å². The number of rotatable bonds is 4. The lowest BCUT2D eigenvalue weighted by molar-refractivity contribution is -0.0435. The molecule has 1 heterocycles. The lowest BCUT2D eigenvalue weighted by Gasteiger charge is -2.22. The summed E-state index contributed by atoms with van der Waals surface area (Å²) >= 11 is 0. The smallest absolute Gasteiger partial charge is 0.386 e. The van der Waals surface area contributed by atoms with Gasteiger partial charge < -0.3 is 15.2 Å². The van der Waals surface area contributed by atoms with Crippen LogP contribution in [0.5, 0.6) is 0 Å². The van der Waals surface area contributed by atoms with E-state index in [0.717, 1.165) is 6.07 Å². The third-order valence-corrected chi connectivity index (χ3v) is 4.72. The Balaban J connectivity index is 2.26. The van der Waals surface area contributed by atoms with Crippen LogP contribution >= 0.6 is 0 Å². The molecule has 1 aliphatic rings. The first-order chi connectivity index (χ1) is 9.66. The van der Waals surface area contributed by atoms with Crippen molar-refractivity contribution in [3.63, 3.8) is 0 Å². The van der Waals surface area contributed by atoms with Crippen LogP contribution in [-0.2, 0) is 14.6 Å². The Bertz CT molecular complexity index is 609. The van der Waals surface area contributed by atoms with Gasteiger partial charge >= 0.3 is 5.51 Å². The number of benzene rings is 1. The van der Waals surface area contributed by atoms with Crippen molar-refractivity contribution in [2.24, 2.45) is 0 Å². The minimum absolute atomic E-state index is 0.0498. The molecule has 2 N–H and O–H groups in total. The summed E-state index contributed by atoms with van der Waals surface area (Å²) in [7, 11) is -5.45. The van der Waals surface area contributed by atoms with E-state index in [1.165, 1.54) is 18.2 Å². The van der Waals surface area contributed by atoms with Gasteiger partial charge in [0.05, 0.1) is 17.2 Å². The summed E-state index contributed by atoms with van der Waals surface area (Å²) in [4.78, 5) is -0.861. The molecule has 1 fully saturated rings. The summed E-state index contributed by atoms with van der Waals surface area (Å²) in [5, 5.41) is 12.6. The lowest BCUT2D eigenvalue weighted by atomic mass is 10.0. The van der Waals surface area contributed by atoms with Crippen LogP contribution in [0.4, 0.5) is 18.9 Å². The first-order valence-electron chi connectivity index (χ1n) is 6.10. The quantitative estimate of drug-likeness (QED) is 0.878. The zero-order valence-electron chi connectivity index (χ0n) is 10.9. The van der Waals surface area contributed by atoms with Gasteiger partial charge in [0, 0.05) is 19.6 Å². The van der Waals surface area contributed by atoms with E-state index >= 15 is 0 Å². The van der Waals surface area contributed by atoms with Crippen LogP contribution in [0.3, 0.4) is 0 Å². The molecule has 118 valence electrons. The number of alkyl halides is 3. The largest absolute Gasteiger partial charge is 0.501 e. The fraction of sp³-hybridized carbons (Fsp3) is 0.500. The summed E-state index contributed by atoms with van der Waals surface area (Å²) in [5.41, 5.74) is -6.79. The van der Waals surface area contributed by atoms with Crippen molar-refractivity contribution in [3.05, 3.63) is 24.3 Å². The van der Waals surface area contributed by atoms with E-state index in [9.17, 15) is 26.7 Å². The summed E-state index contributed by atoms with van der Waals surface area (Å²) in [6.45, 7) is 0.298. The highest BCUT2D eigenvalue weighted by atomic mass is 32.2. The molecule has 0 saturated carbocycles. The highest BCUT2D eigenvalue weighted by Gasteiger charge is 2.48. The van der Waals surface area contributed by atoms with Gasteiger partial charge in [-0.1, -0.05) is 12.1 Å². The molecule has 1 aromatic carbocycles. The molecule has 2 rings (SSSR count). The summed E-state index contributed by atoms with van der Waals surface area (Å²) in [5.74, 6) is 0. The molecule has 1 atom stereocenters. The second-order valence-electron chi connectivity index (χ2n) is 4.83. The number of aliphatic hydroxyl groups is 1. The van der Waals surface area contributed by atoms with Crippen molar-refractivity contribution in [2.45, 2.75) is 22.4 Å². The molecule has 0 aliphatic carbocycles. The topological polar surface area (TPSA) is 75.6 Å². The molecule has 1 unspecified atom stereocenters. The van der Waals surface area contributed by atoms with E-state index < -0.39 is 25.8 Å². The van der Waals surface area contributed by atoms with E-state index in [1.807, 2.05) is 0 Å². The van der Waals surface area contributed by atoms with Crippen LogP contribution in [0.2, 0.25) is 0 Å². The van der Waals surface area contributed by atoms with Crippen molar-refractivity contribution in [1.82, 2.24) is 0 Å². The molecule has 1 aliphatic heterocycles. The summed E-state index contributed by atoms with van der Waals surface area (Å²) in [6.07, 6.45) is 0.328. The number of sulfone groups is 1. The first kappa shape index (κ1) is 16.1. The first-order valence-corrected chi connectivity index (χ1v) is 7.58. The van der Waals surface area contributed by atoms with E-state index in [2.05, 4.69) is 5.32 Å². The van der Waals surface area contributed by atoms with Gasteiger partial charge in [0.15, 0.2) is 0 Å². The van der Waals surface area contributed by atoms with E-state index in [0.29, 0.717) is 13.0 Å². The molecule has 21 heavy (non-hydrogen) atoms. The number of halogens is 3. The van der Waals surface area contributed by atoms with Crippen molar-refractivity contribution >= 4 is 15.5 Å². The third kappa shape index (κ3) is 3.30. The highest BCUT2D eigenvalue weighted by molar-refractivity contribution is 7.92. The molecular formula is C12H14F3NO4S. The number of nitrogens with one attached hydrogen (secondary N) is 1. The van der Waals surface area contributed by atoms with Gasteiger partial charge in [0.25, 0.3) is 9.84 Å². The average Bonchev–Trinajstić information content (AvgIpc) is 2.83. The summed E-state index contributed by atoms with van der Waals surface area (Å²) < 4.78 is 65.9. The van der Waals surface area contributed by atoms with Crippen LogP contribution in [-0.4, -0.2) is 44.4 Å². The standard InChI is InChI=1S/C12H14F3NO4S/c13-12(14,15)21(18,19)10-4-2-1-3-9(10)16-7-11(17)5-6-20-8-11/h1-4,16-17H,5-8H2. The van der Waals surface area contributed by atoms with E-state index in [4.69, 9.17) is 4.74 Å². The predicted molar refractivity (Wildman–Crippen MR) is 68.6 cm³/mol. The number of ether oxygens (including phenoxy) is 1. The van der Waals surface area contributed by atoms with Crippen molar-refractivity contribution in [3.8, 4) is 0 Å². The SMILES string of the molecule is O=S(=O)(c1ccccc1NCC1(O)CCOC1)C(F)(F)F. The maximum absolute atomic E-state index is 12.6. The van der Waals surface area contributed by atoms with Gasteiger partial charge in [-0.3, -0.25) is 0 Å². The van der Waals surface area contributed by atoms with Crippen LogP contribution in [0.1, 0.15) is 6.42 Å². The minimum Gasteiger partial charge on any atom is -0.386 e. The molecule has 0 aromatic heterocycles. The molecule has 1 aromatic rings. The fourth-order valence-electron chi connectivity index (χ4n) is 1.97. The van der Waals surface area contributed by atoms with Crippen molar-refractivity contribution in [2.75, 3.05) is 25.1 Å². The predicted octanol–water partition coefficient (Wildman–Crippen LogP) is 1.54. The number of hydrogen-bond acceptors (Lipinski definition) is 5. The molecule has 9 heteroatoms. The van der Waals surface area contributed by atoms with Gasteiger partial charge in [-0.2, -0.15) is 13.2 Å². The summed E-state index contributed by atoms with van der Waals surface area (Å²) in [6, 6.07) is 4.71. The van der Waals surface area contributed by atoms with E-state index in [1.54, 1.807) is 0 Å². The van der Waals surface area contributed by atoms with Crippen LogP contribution in [0.15, 0.2) is 29.2 Å². The molecule has 0 radical (unpaired) electrons. The number of para-hydroxylation sites is 1. The third-order valence-electron chi connectivity index (χ3n) is 3.17. The van der Waals surface area contributed by atoms with Gasteiger partial charge in [-0.15, -0.1) is 0 Å². The van der Waals surface area contributed by atoms with Crippen LogP contribution in [0.25, 0.3) is 0 Å². The lowest BCUT2D eigenvalue weighted by Crippen LogP contribution is -2.37. The van der Waals surface area contributed by atoms with E-state index in [-0.39, 0.29) is 18.8 Å². The van der Waals surface area contributed by atoms with Gasteiger partial charge in [-0.25, -0.2) is 8.42 Å². The molecule has 1 saturated heterocycles. The molecule has 0 bridgehead atoms. The maximum atomic E-state index is 12.6. The molecule has 5 nitrogen and oxygen atoms in total.